The van der Waals surface area contributed by atoms with E-state index >= 15 is 0 Å². The molecule has 0 fully saturated rings. The summed E-state index contributed by atoms with van der Waals surface area (Å²) >= 11 is 1.47. The van der Waals surface area contributed by atoms with Crippen LogP contribution in [-0.4, -0.2) is 28.2 Å². The topological polar surface area (TPSA) is 116 Å². The van der Waals surface area contributed by atoms with Crippen molar-refractivity contribution in [1.82, 2.24) is 20.9 Å². The van der Waals surface area contributed by atoms with Crippen LogP contribution in [0.1, 0.15) is 27.0 Å². The van der Waals surface area contributed by atoms with E-state index in [1.54, 1.807) is 54.6 Å². The van der Waals surface area contributed by atoms with Crippen LogP contribution in [0.3, 0.4) is 0 Å². The summed E-state index contributed by atoms with van der Waals surface area (Å²) in [5, 5.41) is 15.9. The lowest BCUT2D eigenvalue weighted by Crippen LogP contribution is -2.40. The van der Waals surface area contributed by atoms with E-state index in [-0.39, 0.29) is 11.3 Å². The zero-order chi connectivity index (χ0) is 21.6. The summed E-state index contributed by atoms with van der Waals surface area (Å²) in [6.45, 7) is 0. The molecular weight excluding hydrogens is 414 g/mol. The van der Waals surface area contributed by atoms with Gasteiger partial charge in [0.05, 0.1) is 11.6 Å². The lowest BCUT2D eigenvalue weighted by Gasteiger charge is -2.18. The molecule has 0 radical (unpaired) electrons. The molecule has 31 heavy (non-hydrogen) atoms. The van der Waals surface area contributed by atoms with Gasteiger partial charge >= 0.3 is 0 Å². The van der Waals surface area contributed by atoms with Gasteiger partial charge in [-0.25, -0.2) is 10.5 Å². The highest BCUT2D eigenvalue weighted by Crippen LogP contribution is 2.20. The van der Waals surface area contributed by atoms with E-state index in [1.165, 1.54) is 17.6 Å². The average molecular weight is 431 g/mol. The molecule has 4 aromatic rings. The molecule has 0 aliphatic rings. The normalized spacial score (nSPS) is 12.0. The Morgan fingerprint density at radius 1 is 1.00 bits per heavy atom. The molecule has 0 aliphatic carbocycles. The number of hydrogen-bond donors (Lipinski definition) is 3. The minimum Gasteiger partial charge on any atom is -0.335 e. The summed E-state index contributed by atoms with van der Waals surface area (Å²) in [5.74, 6) is -1.05. The van der Waals surface area contributed by atoms with E-state index in [9.17, 15) is 14.4 Å². The SMILES string of the molecule is O=C(NC(C(=O)N/N=C/c1cccs1)c1n[nH]c(=O)c2ccccc12)c1ccccc1. The van der Waals surface area contributed by atoms with Gasteiger partial charge in [-0.3, -0.25) is 14.4 Å². The fourth-order valence-electron chi connectivity index (χ4n) is 3.01. The summed E-state index contributed by atoms with van der Waals surface area (Å²) < 4.78 is 0. The molecule has 3 N–H and O–H groups in total. The Morgan fingerprint density at radius 3 is 2.48 bits per heavy atom. The lowest BCUT2D eigenvalue weighted by molar-refractivity contribution is -0.123. The van der Waals surface area contributed by atoms with Gasteiger partial charge in [0, 0.05) is 15.8 Å². The Hall–Kier alpha value is -4.11. The Balaban J connectivity index is 1.69. The molecule has 0 saturated carbocycles. The molecule has 8 nitrogen and oxygen atoms in total. The number of benzene rings is 2. The third-order valence-electron chi connectivity index (χ3n) is 4.48. The smallest absolute Gasteiger partial charge is 0.272 e. The van der Waals surface area contributed by atoms with Crippen molar-refractivity contribution in [2.24, 2.45) is 5.10 Å². The summed E-state index contributed by atoms with van der Waals surface area (Å²) in [6.07, 6.45) is 1.51. The van der Waals surface area contributed by atoms with E-state index < -0.39 is 17.9 Å². The number of aromatic nitrogens is 2. The Morgan fingerprint density at radius 2 is 1.74 bits per heavy atom. The number of H-pyrrole nitrogens is 1. The first kappa shape index (κ1) is 20.2. The van der Waals surface area contributed by atoms with Gasteiger partial charge in [0.1, 0.15) is 5.69 Å². The molecule has 2 aromatic heterocycles. The number of hydrogen-bond acceptors (Lipinski definition) is 6. The zero-order valence-electron chi connectivity index (χ0n) is 16.1. The Labute approximate surface area is 180 Å². The molecule has 0 saturated heterocycles. The van der Waals surface area contributed by atoms with Crippen molar-refractivity contribution in [2.45, 2.75) is 6.04 Å². The van der Waals surface area contributed by atoms with Crippen LogP contribution in [0.4, 0.5) is 0 Å². The maximum Gasteiger partial charge on any atom is 0.272 e. The summed E-state index contributed by atoms with van der Waals surface area (Å²) in [6, 6.07) is 17.8. The number of fused-ring (bicyclic) bond motifs is 1. The second kappa shape index (κ2) is 9.14. The summed E-state index contributed by atoms with van der Waals surface area (Å²) in [4.78, 5) is 38.8. The first-order valence-electron chi connectivity index (χ1n) is 9.33. The number of rotatable bonds is 6. The number of nitrogens with zero attached hydrogens (tertiary/aromatic N) is 2. The van der Waals surface area contributed by atoms with Crippen molar-refractivity contribution < 1.29 is 9.59 Å². The number of nitrogens with one attached hydrogen (secondary N) is 3. The molecule has 2 aromatic carbocycles. The number of carbonyl (C=O) groups excluding carboxylic acids is 2. The van der Waals surface area contributed by atoms with Gasteiger partial charge in [0.15, 0.2) is 6.04 Å². The molecule has 154 valence electrons. The van der Waals surface area contributed by atoms with Crippen LogP contribution in [0.2, 0.25) is 0 Å². The molecule has 2 heterocycles. The fraction of sp³-hybridized carbons (Fsp3) is 0.0455. The van der Waals surface area contributed by atoms with E-state index in [4.69, 9.17) is 0 Å². The third kappa shape index (κ3) is 4.57. The van der Waals surface area contributed by atoms with Gasteiger partial charge < -0.3 is 5.32 Å². The predicted molar refractivity (Wildman–Crippen MR) is 119 cm³/mol. The van der Waals surface area contributed by atoms with Crippen LogP contribution < -0.4 is 16.3 Å². The van der Waals surface area contributed by atoms with E-state index in [1.807, 2.05) is 17.5 Å². The van der Waals surface area contributed by atoms with Crippen molar-refractivity contribution in [3.8, 4) is 0 Å². The van der Waals surface area contributed by atoms with Crippen molar-refractivity contribution in [3.05, 3.63) is 98.6 Å². The van der Waals surface area contributed by atoms with Gasteiger partial charge in [0.25, 0.3) is 17.4 Å². The molecule has 0 spiro atoms. The van der Waals surface area contributed by atoms with Crippen LogP contribution in [0, 0.1) is 0 Å². The first-order valence-corrected chi connectivity index (χ1v) is 10.2. The number of carbonyl (C=O) groups is 2. The number of aromatic amines is 1. The van der Waals surface area contributed by atoms with Gasteiger partial charge in [-0.05, 0) is 29.6 Å². The quantitative estimate of drug-likeness (QED) is 0.321. The Bertz CT molecular complexity index is 1300. The molecule has 0 aliphatic heterocycles. The highest BCUT2D eigenvalue weighted by molar-refractivity contribution is 7.11. The molecule has 1 unspecified atom stereocenters. The van der Waals surface area contributed by atoms with Crippen molar-refractivity contribution in [2.75, 3.05) is 0 Å². The van der Waals surface area contributed by atoms with Crippen LogP contribution >= 0.6 is 11.3 Å². The zero-order valence-corrected chi connectivity index (χ0v) is 16.9. The minimum atomic E-state index is -1.19. The average Bonchev–Trinajstić information content (AvgIpc) is 3.32. The molecule has 1 atom stereocenters. The highest BCUT2D eigenvalue weighted by Gasteiger charge is 2.27. The number of amides is 2. The predicted octanol–water partition coefficient (Wildman–Crippen LogP) is 2.61. The van der Waals surface area contributed by atoms with Gasteiger partial charge in [0.2, 0.25) is 0 Å². The first-order chi connectivity index (χ1) is 15.1. The number of hydrazone groups is 1. The maximum absolute atomic E-state index is 13.0. The third-order valence-corrected chi connectivity index (χ3v) is 5.29. The van der Waals surface area contributed by atoms with Gasteiger partial charge in [-0.2, -0.15) is 10.2 Å². The van der Waals surface area contributed by atoms with Crippen LogP contribution in [0.15, 0.2) is 82.0 Å². The van der Waals surface area contributed by atoms with Crippen molar-refractivity contribution >= 4 is 40.1 Å². The standard InChI is InChI=1S/C22H17N5O3S/c28-20(14-7-2-1-3-8-14)24-19(22(30)26-23-13-15-9-6-12-31-15)18-16-10-4-5-11-17(16)21(29)27-25-18/h1-13,19H,(H,24,28)(H,26,30)(H,27,29)/b23-13+. The van der Waals surface area contributed by atoms with Gasteiger partial charge in [-0.15, -0.1) is 11.3 Å². The fourth-order valence-corrected chi connectivity index (χ4v) is 3.59. The largest absolute Gasteiger partial charge is 0.335 e. The van der Waals surface area contributed by atoms with Crippen LogP contribution in [0.5, 0.6) is 0 Å². The van der Waals surface area contributed by atoms with E-state index in [0.29, 0.717) is 16.3 Å². The molecular formula is C22H17N5O3S. The minimum absolute atomic E-state index is 0.211. The Kier molecular flexibility index (Phi) is 5.95. The van der Waals surface area contributed by atoms with Gasteiger partial charge in [-0.1, -0.05) is 42.5 Å². The summed E-state index contributed by atoms with van der Waals surface area (Å²) in [7, 11) is 0. The highest BCUT2D eigenvalue weighted by atomic mass is 32.1. The maximum atomic E-state index is 13.0. The van der Waals surface area contributed by atoms with Crippen molar-refractivity contribution in [3.63, 3.8) is 0 Å². The van der Waals surface area contributed by atoms with Crippen LogP contribution in [-0.2, 0) is 4.79 Å². The second-order valence-corrected chi connectivity index (χ2v) is 7.48. The molecule has 9 heteroatoms. The van der Waals surface area contributed by atoms with Crippen LogP contribution in [0.25, 0.3) is 10.8 Å². The van der Waals surface area contributed by atoms with E-state index in [2.05, 4.69) is 26.0 Å². The monoisotopic (exact) mass is 431 g/mol. The van der Waals surface area contributed by atoms with E-state index in [0.717, 1.165) is 4.88 Å². The van der Waals surface area contributed by atoms with Crippen molar-refractivity contribution in [1.29, 1.82) is 0 Å². The molecule has 4 rings (SSSR count). The molecule has 0 bridgehead atoms. The summed E-state index contributed by atoms with van der Waals surface area (Å²) in [5.41, 5.74) is 2.66. The molecule has 2 amide bonds. The number of thiophene rings is 1. The second-order valence-electron chi connectivity index (χ2n) is 6.51. The lowest BCUT2D eigenvalue weighted by atomic mass is 10.0.